The molecule has 1 aromatic heterocycles. The Bertz CT molecular complexity index is 1420. The molecule has 6 rings (SSSR count). The Morgan fingerprint density at radius 2 is 1.73 bits per heavy atom. The first-order valence-electron chi connectivity index (χ1n) is 10.3. The molecule has 1 atom stereocenters. The summed E-state index contributed by atoms with van der Waals surface area (Å²) in [6.45, 7) is 0.0833. The lowest BCUT2D eigenvalue weighted by Crippen LogP contribution is -2.30. The number of nitrogens with zero attached hydrogens (tertiary/aromatic N) is 2. The summed E-state index contributed by atoms with van der Waals surface area (Å²) in [4.78, 5) is 35.4. The van der Waals surface area contributed by atoms with Crippen molar-refractivity contribution >= 4 is 34.4 Å². The fraction of sp³-hybridized carbons (Fsp3) is 0.0800. The summed E-state index contributed by atoms with van der Waals surface area (Å²) in [5.74, 6) is -0.614. The molecule has 2 aliphatic heterocycles. The monoisotopic (exact) mass is 439 g/mol. The third kappa shape index (κ3) is 2.95. The van der Waals surface area contributed by atoms with E-state index in [0.717, 1.165) is 5.52 Å². The molecule has 2 N–H and O–H groups in total. The Morgan fingerprint density at radius 1 is 0.970 bits per heavy atom. The summed E-state index contributed by atoms with van der Waals surface area (Å²) in [6, 6.07) is 20.4. The van der Waals surface area contributed by atoms with Crippen LogP contribution in [0.25, 0.3) is 16.8 Å². The van der Waals surface area contributed by atoms with Crippen LogP contribution in [-0.2, 0) is 9.59 Å². The molecule has 162 valence electrons. The van der Waals surface area contributed by atoms with E-state index in [1.807, 2.05) is 42.5 Å². The second-order valence-electron chi connectivity index (χ2n) is 7.73. The van der Waals surface area contributed by atoms with Gasteiger partial charge in [0.15, 0.2) is 11.5 Å². The molecule has 0 bridgehead atoms. The van der Waals surface area contributed by atoms with Gasteiger partial charge >= 0.3 is 5.91 Å². The molecule has 0 spiro atoms. The Balaban J connectivity index is 1.55. The van der Waals surface area contributed by atoms with Gasteiger partial charge in [-0.2, -0.15) is 0 Å². The molecular weight excluding hydrogens is 422 g/mol. The number of hydrogen-bond donors (Lipinski definition) is 2. The Kier molecular flexibility index (Phi) is 4.19. The molecule has 8 nitrogen and oxygen atoms in total. The fourth-order valence-electron chi connectivity index (χ4n) is 4.25. The first-order valence-corrected chi connectivity index (χ1v) is 10.3. The maximum absolute atomic E-state index is 13.2. The molecular formula is C25H17N3O5. The maximum atomic E-state index is 13.2. The lowest BCUT2D eigenvalue weighted by molar-refractivity contribution is -0.132. The second kappa shape index (κ2) is 7.23. The number of amides is 1. The van der Waals surface area contributed by atoms with Gasteiger partial charge in [-0.25, -0.2) is 4.98 Å². The number of ketones is 1. The zero-order chi connectivity index (χ0) is 22.5. The number of aliphatic hydroxyl groups is 1. The number of carbonyl (C=O) groups is 2. The number of para-hydroxylation sites is 2. The van der Waals surface area contributed by atoms with Crippen molar-refractivity contribution in [2.45, 2.75) is 6.04 Å². The van der Waals surface area contributed by atoms with Crippen LogP contribution in [0.2, 0.25) is 0 Å². The number of imidazole rings is 1. The van der Waals surface area contributed by atoms with Crippen LogP contribution in [0.5, 0.6) is 11.5 Å². The van der Waals surface area contributed by atoms with E-state index < -0.39 is 17.7 Å². The number of fused-ring (bicyclic) bond motifs is 2. The van der Waals surface area contributed by atoms with Crippen molar-refractivity contribution in [1.29, 1.82) is 0 Å². The molecule has 0 radical (unpaired) electrons. The third-order valence-electron chi connectivity index (χ3n) is 5.81. The highest BCUT2D eigenvalue weighted by atomic mass is 16.7. The van der Waals surface area contributed by atoms with Crippen molar-refractivity contribution in [2.24, 2.45) is 0 Å². The Morgan fingerprint density at radius 3 is 2.55 bits per heavy atom. The molecule has 1 saturated heterocycles. The average molecular weight is 439 g/mol. The highest BCUT2D eigenvalue weighted by Gasteiger charge is 2.48. The lowest BCUT2D eigenvalue weighted by Gasteiger charge is -2.23. The number of hydrogen-bond acceptors (Lipinski definition) is 6. The smallest absolute Gasteiger partial charge is 0.302 e. The molecule has 2 aliphatic rings. The van der Waals surface area contributed by atoms with Crippen molar-refractivity contribution in [3.63, 3.8) is 0 Å². The van der Waals surface area contributed by atoms with E-state index in [0.29, 0.717) is 28.1 Å². The number of Topliss-reactive ketones (excluding diaryl/α,β-unsaturated/α-hetero) is 1. The molecule has 1 unspecified atom stereocenters. The highest BCUT2D eigenvalue weighted by Crippen LogP contribution is 2.43. The van der Waals surface area contributed by atoms with Gasteiger partial charge in [-0.1, -0.05) is 42.5 Å². The molecule has 8 heteroatoms. The van der Waals surface area contributed by atoms with Crippen LogP contribution in [0, 0.1) is 0 Å². The quantitative estimate of drug-likeness (QED) is 0.285. The summed E-state index contributed by atoms with van der Waals surface area (Å²) in [7, 11) is 0. The Hall–Kier alpha value is -4.59. The second-order valence-corrected chi connectivity index (χ2v) is 7.73. The molecule has 1 amide bonds. The van der Waals surface area contributed by atoms with Crippen LogP contribution in [0.3, 0.4) is 0 Å². The standard InChI is InChI=1S/C25H17N3O5/c29-22(15-10-11-18-19(12-15)33-13-32-18)20-21(14-6-2-1-3-7-14)28(24(31)23(20)30)25-26-16-8-4-5-9-17(16)27-25/h1-12,21,29H,13H2,(H,26,27)/b22-20+. The van der Waals surface area contributed by atoms with E-state index in [1.165, 1.54) is 4.90 Å². The summed E-state index contributed by atoms with van der Waals surface area (Å²) in [6.07, 6.45) is 0. The summed E-state index contributed by atoms with van der Waals surface area (Å²) in [5, 5.41) is 11.2. The van der Waals surface area contributed by atoms with Crippen LogP contribution < -0.4 is 14.4 Å². The van der Waals surface area contributed by atoms with E-state index in [1.54, 1.807) is 30.3 Å². The minimum atomic E-state index is -0.864. The van der Waals surface area contributed by atoms with Gasteiger partial charge in [0, 0.05) is 5.56 Å². The number of H-pyrrole nitrogens is 1. The van der Waals surface area contributed by atoms with Crippen molar-refractivity contribution in [3.8, 4) is 11.5 Å². The first kappa shape index (κ1) is 19.1. The van der Waals surface area contributed by atoms with Crippen LogP contribution in [-0.4, -0.2) is 33.6 Å². The zero-order valence-electron chi connectivity index (χ0n) is 17.2. The van der Waals surface area contributed by atoms with E-state index in [4.69, 9.17) is 9.47 Å². The zero-order valence-corrected chi connectivity index (χ0v) is 17.2. The van der Waals surface area contributed by atoms with E-state index in [-0.39, 0.29) is 24.1 Å². The van der Waals surface area contributed by atoms with Gasteiger partial charge < -0.3 is 19.6 Å². The third-order valence-corrected chi connectivity index (χ3v) is 5.81. The van der Waals surface area contributed by atoms with Gasteiger partial charge in [-0.15, -0.1) is 0 Å². The lowest BCUT2D eigenvalue weighted by atomic mass is 9.95. The SMILES string of the molecule is O=C1C(=O)N(c2nc3ccccc3[nH]2)C(c2ccccc2)/C1=C(\O)c1ccc2c(c1)OCO2. The van der Waals surface area contributed by atoms with E-state index >= 15 is 0 Å². The van der Waals surface area contributed by atoms with Crippen molar-refractivity contribution in [1.82, 2.24) is 9.97 Å². The van der Waals surface area contributed by atoms with Crippen LogP contribution in [0.15, 0.2) is 78.4 Å². The minimum absolute atomic E-state index is 0.0227. The van der Waals surface area contributed by atoms with Crippen molar-refractivity contribution < 1.29 is 24.2 Å². The molecule has 33 heavy (non-hydrogen) atoms. The molecule has 0 aliphatic carbocycles. The predicted molar refractivity (Wildman–Crippen MR) is 120 cm³/mol. The normalized spacial score (nSPS) is 18.9. The molecule has 3 aromatic carbocycles. The summed E-state index contributed by atoms with van der Waals surface area (Å²) < 4.78 is 10.7. The number of aliphatic hydroxyl groups excluding tert-OH is 1. The summed E-state index contributed by atoms with van der Waals surface area (Å²) >= 11 is 0. The number of aromatic nitrogens is 2. The van der Waals surface area contributed by atoms with Gasteiger partial charge in [-0.05, 0) is 35.9 Å². The Labute approximate surface area is 187 Å². The van der Waals surface area contributed by atoms with Crippen LogP contribution in [0.1, 0.15) is 17.2 Å². The highest BCUT2D eigenvalue weighted by molar-refractivity contribution is 6.51. The molecule has 4 aromatic rings. The number of carbonyl (C=O) groups excluding carboxylic acids is 2. The number of rotatable bonds is 3. The number of ether oxygens (including phenoxy) is 2. The predicted octanol–water partition coefficient (Wildman–Crippen LogP) is 3.92. The van der Waals surface area contributed by atoms with E-state index in [2.05, 4.69) is 9.97 Å². The number of anilines is 1. The molecule has 0 saturated carbocycles. The number of aromatic amines is 1. The molecule has 3 heterocycles. The first-order chi connectivity index (χ1) is 16.1. The average Bonchev–Trinajstić information content (AvgIpc) is 3.55. The molecule has 1 fully saturated rings. The number of benzene rings is 3. The van der Waals surface area contributed by atoms with Crippen LogP contribution >= 0.6 is 0 Å². The largest absolute Gasteiger partial charge is 0.507 e. The van der Waals surface area contributed by atoms with E-state index in [9.17, 15) is 14.7 Å². The van der Waals surface area contributed by atoms with Gasteiger partial charge in [0.05, 0.1) is 22.6 Å². The fourth-order valence-corrected chi connectivity index (χ4v) is 4.25. The van der Waals surface area contributed by atoms with Crippen LogP contribution in [0.4, 0.5) is 5.95 Å². The topological polar surface area (TPSA) is 105 Å². The van der Waals surface area contributed by atoms with Gasteiger partial charge in [0.2, 0.25) is 12.7 Å². The maximum Gasteiger partial charge on any atom is 0.302 e. The van der Waals surface area contributed by atoms with Crippen molar-refractivity contribution in [3.05, 3.63) is 89.5 Å². The van der Waals surface area contributed by atoms with Gasteiger partial charge in [0.1, 0.15) is 5.76 Å². The number of nitrogens with one attached hydrogen (secondary N) is 1. The van der Waals surface area contributed by atoms with Crippen molar-refractivity contribution in [2.75, 3.05) is 11.7 Å². The van der Waals surface area contributed by atoms with Gasteiger partial charge in [-0.3, -0.25) is 14.5 Å². The minimum Gasteiger partial charge on any atom is -0.507 e. The van der Waals surface area contributed by atoms with Gasteiger partial charge in [0.25, 0.3) is 5.78 Å². The summed E-state index contributed by atoms with van der Waals surface area (Å²) in [5.41, 5.74) is 2.39.